The number of anilines is 1. The molecule has 1 atom stereocenters. The van der Waals surface area contributed by atoms with E-state index in [-0.39, 0.29) is 6.04 Å². The Labute approximate surface area is 153 Å². The maximum Gasteiger partial charge on any atom is 0.223 e. The number of fused-ring (bicyclic) bond motifs is 1. The lowest BCUT2D eigenvalue weighted by atomic mass is 10.1. The Morgan fingerprint density at radius 3 is 2.65 bits per heavy atom. The number of H-pyrrole nitrogens is 1. The number of hydrogen-bond acceptors (Lipinski definition) is 3. The smallest absolute Gasteiger partial charge is 0.223 e. The van der Waals surface area contributed by atoms with Gasteiger partial charge in [0.1, 0.15) is 0 Å². The fourth-order valence-corrected chi connectivity index (χ4v) is 3.22. The number of nitrogens with zero attached hydrogens (tertiary/aromatic N) is 2. The quantitative estimate of drug-likeness (QED) is 0.523. The van der Waals surface area contributed by atoms with Crippen LogP contribution in [0, 0.1) is 0 Å². The Morgan fingerprint density at radius 1 is 0.962 bits per heavy atom. The second-order valence-electron chi connectivity index (χ2n) is 6.51. The van der Waals surface area contributed by atoms with Gasteiger partial charge in [-0.2, -0.15) is 0 Å². The van der Waals surface area contributed by atoms with Gasteiger partial charge in [-0.3, -0.25) is 0 Å². The van der Waals surface area contributed by atoms with Crippen LogP contribution < -0.4 is 5.32 Å². The molecule has 26 heavy (non-hydrogen) atoms. The molecule has 0 unspecified atom stereocenters. The van der Waals surface area contributed by atoms with Gasteiger partial charge in [0.05, 0.1) is 6.04 Å². The summed E-state index contributed by atoms with van der Waals surface area (Å²) in [7, 11) is 0. The predicted molar refractivity (Wildman–Crippen MR) is 106 cm³/mol. The number of hydrogen-bond donors (Lipinski definition) is 2. The van der Waals surface area contributed by atoms with E-state index in [2.05, 4.69) is 69.8 Å². The number of para-hydroxylation sites is 1. The molecule has 0 radical (unpaired) electrons. The molecule has 2 heterocycles. The second-order valence-corrected chi connectivity index (χ2v) is 6.51. The zero-order valence-corrected chi connectivity index (χ0v) is 14.8. The van der Waals surface area contributed by atoms with Crippen molar-refractivity contribution in [2.24, 2.45) is 0 Å². The van der Waals surface area contributed by atoms with E-state index < -0.39 is 0 Å². The maximum atomic E-state index is 4.69. The van der Waals surface area contributed by atoms with E-state index >= 15 is 0 Å². The van der Waals surface area contributed by atoms with Crippen LogP contribution in [0.4, 0.5) is 5.95 Å². The molecule has 2 aromatic heterocycles. The normalized spacial score (nSPS) is 12.2. The molecule has 0 amide bonds. The van der Waals surface area contributed by atoms with Crippen molar-refractivity contribution in [3.63, 3.8) is 0 Å². The Bertz CT molecular complexity index is 991. The molecule has 0 fully saturated rings. The summed E-state index contributed by atoms with van der Waals surface area (Å²) < 4.78 is 0. The largest absolute Gasteiger partial charge is 0.361 e. The van der Waals surface area contributed by atoms with Crippen LogP contribution in [0.15, 0.2) is 73.1 Å². The first kappa shape index (κ1) is 16.3. The van der Waals surface area contributed by atoms with Crippen LogP contribution in [0.3, 0.4) is 0 Å². The molecule has 4 nitrogen and oxygen atoms in total. The van der Waals surface area contributed by atoms with Crippen LogP contribution in [0.25, 0.3) is 10.9 Å². The molecule has 4 rings (SSSR count). The maximum absolute atomic E-state index is 4.69. The van der Waals surface area contributed by atoms with Gasteiger partial charge in [-0.05, 0) is 43.0 Å². The summed E-state index contributed by atoms with van der Waals surface area (Å²) in [6.07, 6.45) is 5.77. The van der Waals surface area contributed by atoms with E-state index in [4.69, 9.17) is 0 Å². The molecular formula is C22H22N4. The minimum absolute atomic E-state index is 0.167. The topological polar surface area (TPSA) is 53.6 Å². The molecule has 4 aromatic rings. The molecule has 130 valence electrons. The number of aryl methyl sites for hydroxylation is 2. The molecule has 4 heteroatoms. The van der Waals surface area contributed by atoms with Crippen LogP contribution >= 0.6 is 0 Å². The minimum Gasteiger partial charge on any atom is -0.361 e. The SMILES string of the molecule is C[C@@H](Nc1nccc(CCc2c[nH]c3ccccc23)n1)c1ccccc1. The van der Waals surface area contributed by atoms with Gasteiger partial charge in [-0.15, -0.1) is 0 Å². The fraction of sp³-hybridized carbons (Fsp3) is 0.182. The van der Waals surface area contributed by atoms with Crippen LogP contribution in [-0.4, -0.2) is 15.0 Å². The Morgan fingerprint density at radius 2 is 1.77 bits per heavy atom. The number of aromatic nitrogens is 3. The molecule has 0 saturated carbocycles. The first-order valence-corrected chi connectivity index (χ1v) is 8.98. The third kappa shape index (κ3) is 3.59. The average molecular weight is 342 g/mol. The Hall–Kier alpha value is -3.14. The summed E-state index contributed by atoms with van der Waals surface area (Å²) in [6.45, 7) is 2.12. The highest BCUT2D eigenvalue weighted by Gasteiger charge is 2.08. The van der Waals surface area contributed by atoms with Gasteiger partial charge >= 0.3 is 0 Å². The van der Waals surface area contributed by atoms with Crippen LogP contribution in [0.1, 0.15) is 29.8 Å². The van der Waals surface area contributed by atoms with Crippen molar-refractivity contribution in [2.75, 3.05) is 5.32 Å². The average Bonchev–Trinajstić information content (AvgIpc) is 3.10. The van der Waals surface area contributed by atoms with E-state index in [0.717, 1.165) is 18.5 Å². The Kier molecular flexibility index (Phi) is 4.65. The third-order valence-electron chi connectivity index (χ3n) is 4.68. The van der Waals surface area contributed by atoms with Crippen molar-refractivity contribution in [1.82, 2.24) is 15.0 Å². The zero-order chi connectivity index (χ0) is 17.8. The molecule has 2 N–H and O–H groups in total. The first-order valence-electron chi connectivity index (χ1n) is 8.98. The highest BCUT2D eigenvalue weighted by Crippen LogP contribution is 2.20. The molecule has 0 aliphatic heterocycles. The standard InChI is InChI=1S/C22H22N4/c1-16(17-7-3-2-4-8-17)25-22-23-14-13-19(26-22)12-11-18-15-24-21-10-6-5-9-20(18)21/h2-10,13-16,24H,11-12H2,1H3,(H,23,25,26)/t16-/m1/s1. The summed E-state index contributed by atoms with van der Waals surface area (Å²) in [6, 6.07) is 20.9. The van der Waals surface area contributed by atoms with Crippen LogP contribution in [-0.2, 0) is 12.8 Å². The molecule has 2 aromatic carbocycles. The highest BCUT2D eigenvalue weighted by atomic mass is 15.1. The van der Waals surface area contributed by atoms with E-state index in [1.54, 1.807) is 0 Å². The summed E-state index contributed by atoms with van der Waals surface area (Å²) in [5.74, 6) is 0.678. The van der Waals surface area contributed by atoms with Crippen molar-refractivity contribution in [2.45, 2.75) is 25.8 Å². The lowest BCUT2D eigenvalue weighted by Gasteiger charge is -2.14. The van der Waals surface area contributed by atoms with Crippen molar-refractivity contribution in [1.29, 1.82) is 0 Å². The lowest BCUT2D eigenvalue weighted by molar-refractivity contribution is 0.842. The molecular weight excluding hydrogens is 320 g/mol. The summed E-state index contributed by atoms with van der Waals surface area (Å²) in [5.41, 5.74) is 4.78. The van der Waals surface area contributed by atoms with Crippen molar-refractivity contribution < 1.29 is 0 Å². The fourth-order valence-electron chi connectivity index (χ4n) is 3.22. The van der Waals surface area contributed by atoms with E-state index in [0.29, 0.717) is 5.95 Å². The van der Waals surface area contributed by atoms with Crippen molar-refractivity contribution >= 4 is 16.9 Å². The highest BCUT2D eigenvalue weighted by molar-refractivity contribution is 5.83. The second kappa shape index (κ2) is 7.40. The van der Waals surface area contributed by atoms with Gasteiger partial charge < -0.3 is 10.3 Å². The number of rotatable bonds is 6. The van der Waals surface area contributed by atoms with Crippen molar-refractivity contribution in [3.8, 4) is 0 Å². The Balaban J connectivity index is 1.44. The number of nitrogens with one attached hydrogen (secondary N) is 2. The van der Waals surface area contributed by atoms with Gasteiger partial charge in [0.2, 0.25) is 5.95 Å². The van der Waals surface area contributed by atoms with Gasteiger partial charge in [0.25, 0.3) is 0 Å². The minimum atomic E-state index is 0.167. The lowest BCUT2D eigenvalue weighted by Crippen LogP contribution is -2.10. The molecule has 0 aliphatic carbocycles. The van der Waals surface area contributed by atoms with Crippen LogP contribution in [0.5, 0.6) is 0 Å². The molecule has 0 spiro atoms. The van der Waals surface area contributed by atoms with Crippen molar-refractivity contribution in [3.05, 3.63) is 89.9 Å². The van der Waals surface area contributed by atoms with Gasteiger partial charge in [0, 0.05) is 29.0 Å². The van der Waals surface area contributed by atoms with E-state index in [9.17, 15) is 0 Å². The monoisotopic (exact) mass is 342 g/mol. The van der Waals surface area contributed by atoms with E-state index in [1.165, 1.54) is 22.0 Å². The van der Waals surface area contributed by atoms with E-state index in [1.807, 2.05) is 30.5 Å². The van der Waals surface area contributed by atoms with Gasteiger partial charge in [0.15, 0.2) is 0 Å². The summed E-state index contributed by atoms with van der Waals surface area (Å²) >= 11 is 0. The third-order valence-corrected chi connectivity index (χ3v) is 4.68. The summed E-state index contributed by atoms with van der Waals surface area (Å²) in [4.78, 5) is 12.4. The van der Waals surface area contributed by atoms with Crippen LogP contribution in [0.2, 0.25) is 0 Å². The summed E-state index contributed by atoms with van der Waals surface area (Å²) in [5, 5.41) is 4.68. The first-order chi connectivity index (χ1) is 12.8. The number of benzene rings is 2. The number of aromatic amines is 1. The molecule has 0 bridgehead atoms. The predicted octanol–water partition coefficient (Wildman–Crippen LogP) is 4.92. The van der Waals surface area contributed by atoms with Gasteiger partial charge in [-0.25, -0.2) is 9.97 Å². The zero-order valence-electron chi connectivity index (χ0n) is 14.8. The molecule has 0 aliphatic rings. The van der Waals surface area contributed by atoms with Gasteiger partial charge in [-0.1, -0.05) is 48.5 Å². The molecule has 0 saturated heterocycles.